The van der Waals surface area contributed by atoms with Crippen LogP contribution in [0.25, 0.3) is 0 Å². The van der Waals surface area contributed by atoms with Crippen LogP contribution in [0.2, 0.25) is 0 Å². The van der Waals surface area contributed by atoms with Crippen molar-refractivity contribution in [3.63, 3.8) is 0 Å². The summed E-state index contributed by atoms with van der Waals surface area (Å²) in [7, 11) is 0. The van der Waals surface area contributed by atoms with Crippen molar-refractivity contribution in [3.05, 3.63) is 65.0 Å². The van der Waals surface area contributed by atoms with Gasteiger partial charge in [0, 0.05) is 18.0 Å². The lowest BCUT2D eigenvalue weighted by Crippen LogP contribution is -2.35. The topological polar surface area (TPSA) is 38.3 Å². The van der Waals surface area contributed by atoms with Crippen LogP contribution in [-0.4, -0.2) is 12.5 Å². The molecule has 0 fully saturated rings. The summed E-state index contributed by atoms with van der Waals surface area (Å²) in [6.45, 7) is 2.69. The van der Waals surface area contributed by atoms with Crippen LogP contribution in [-0.2, 0) is 6.61 Å². The molecule has 1 atom stereocenters. The van der Waals surface area contributed by atoms with Crippen LogP contribution in [0.15, 0.2) is 42.5 Å². The first-order chi connectivity index (χ1) is 10.2. The summed E-state index contributed by atoms with van der Waals surface area (Å²) in [5, 5.41) is 2.77. The molecule has 0 aromatic heterocycles. The third-order valence-corrected chi connectivity index (χ3v) is 3.68. The SMILES string of the molecule is CC1CNC(=O)c2c(OCc3ccccc3)ccc(F)c21. The van der Waals surface area contributed by atoms with Gasteiger partial charge in [-0.15, -0.1) is 0 Å². The number of carbonyl (C=O) groups excluding carboxylic acids is 1. The Balaban J connectivity index is 1.93. The van der Waals surface area contributed by atoms with Gasteiger partial charge < -0.3 is 10.1 Å². The molecule has 3 nitrogen and oxygen atoms in total. The maximum atomic E-state index is 14.0. The number of nitrogens with one attached hydrogen (secondary N) is 1. The maximum absolute atomic E-state index is 14.0. The summed E-state index contributed by atoms with van der Waals surface area (Å²) in [4.78, 5) is 12.1. The van der Waals surface area contributed by atoms with Crippen LogP contribution in [0.1, 0.15) is 34.3 Å². The Bertz CT molecular complexity index is 670. The lowest BCUT2D eigenvalue weighted by molar-refractivity contribution is 0.0934. The van der Waals surface area contributed by atoms with Crippen molar-refractivity contribution in [2.75, 3.05) is 6.54 Å². The van der Waals surface area contributed by atoms with Gasteiger partial charge in [0.2, 0.25) is 0 Å². The van der Waals surface area contributed by atoms with Gasteiger partial charge in [0.05, 0.1) is 5.56 Å². The molecular weight excluding hydrogens is 269 g/mol. The van der Waals surface area contributed by atoms with Gasteiger partial charge in [-0.3, -0.25) is 4.79 Å². The standard InChI is InChI=1S/C17H16FNO2/c1-11-9-19-17(20)16-14(8-7-13(18)15(11)16)21-10-12-5-3-2-4-6-12/h2-8,11H,9-10H2,1H3,(H,19,20). The minimum absolute atomic E-state index is 0.0574. The van der Waals surface area contributed by atoms with Crippen molar-refractivity contribution in [2.24, 2.45) is 0 Å². The van der Waals surface area contributed by atoms with Crippen molar-refractivity contribution in [3.8, 4) is 5.75 Å². The number of rotatable bonds is 3. The molecule has 0 saturated heterocycles. The molecule has 4 heteroatoms. The van der Waals surface area contributed by atoms with Gasteiger partial charge >= 0.3 is 0 Å². The molecule has 0 bridgehead atoms. The highest BCUT2D eigenvalue weighted by molar-refractivity contribution is 5.99. The zero-order valence-corrected chi connectivity index (χ0v) is 11.7. The van der Waals surface area contributed by atoms with E-state index in [9.17, 15) is 9.18 Å². The highest BCUT2D eigenvalue weighted by atomic mass is 19.1. The second kappa shape index (κ2) is 5.56. The number of fused-ring (bicyclic) bond motifs is 1. The van der Waals surface area contributed by atoms with Crippen molar-refractivity contribution in [1.29, 1.82) is 0 Å². The average Bonchev–Trinajstić information content (AvgIpc) is 2.51. The molecule has 1 heterocycles. The lowest BCUT2D eigenvalue weighted by Gasteiger charge is -2.25. The van der Waals surface area contributed by atoms with Crippen LogP contribution in [0.3, 0.4) is 0 Å². The molecule has 2 aromatic rings. The number of hydrogen-bond acceptors (Lipinski definition) is 2. The zero-order valence-electron chi connectivity index (χ0n) is 11.7. The van der Waals surface area contributed by atoms with Crippen molar-refractivity contribution in [1.82, 2.24) is 5.32 Å². The lowest BCUT2D eigenvalue weighted by atomic mass is 9.90. The van der Waals surface area contributed by atoms with E-state index < -0.39 is 0 Å². The third kappa shape index (κ3) is 2.61. The Kier molecular flexibility index (Phi) is 3.60. The largest absolute Gasteiger partial charge is 0.488 e. The minimum atomic E-state index is -0.348. The van der Waals surface area contributed by atoms with E-state index in [1.54, 1.807) is 0 Å². The fraction of sp³-hybridized carbons (Fsp3) is 0.235. The van der Waals surface area contributed by atoms with E-state index >= 15 is 0 Å². The third-order valence-electron chi connectivity index (χ3n) is 3.68. The van der Waals surface area contributed by atoms with Gasteiger partial charge in [0.1, 0.15) is 18.2 Å². The number of benzene rings is 2. The highest BCUT2D eigenvalue weighted by Gasteiger charge is 2.29. The van der Waals surface area contributed by atoms with Gasteiger partial charge in [-0.2, -0.15) is 0 Å². The first-order valence-corrected chi connectivity index (χ1v) is 6.94. The van der Waals surface area contributed by atoms with Gasteiger partial charge in [-0.25, -0.2) is 4.39 Å². The fourth-order valence-corrected chi connectivity index (χ4v) is 2.58. The van der Waals surface area contributed by atoms with E-state index in [0.29, 0.717) is 30.0 Å². The number of amides is 1. The summed E-state index contributed by atoms with van der Waals surface area (Å²) in [6, 6.07) is 12.6. The maximum Gasteiger partial charge on any atom is 0.255 e. The van der Waals surface area contributed by atoms with Crippen LogP contribution >= 0.6 is 0 Å². The van der Waals surface area contributed by atoms with Crippen molar-refractivity contribution < 1.29 is 13.9 Å². The Morgan fingerprint density at radius 1 is 1.24 bits per heavy atom. The van der Waals surface area contributed by atoms with Crippen molar-refractivity contribution in [2.45, 2.75) is 19.4 Å². The summed E-state index contributed by atoms with van der Waals surface area (Å²) >= 11 is 0. The van der Waals surface area contributed by atoms with Gasteiger partial charge in [-0.1, -0.05) is 37.3 Å². The smallest absolute Gasteiger partial charge is 0.255 e. The zero-order chi connectivity index (χ0) is 14.8. The summed E-state index contributed by atoms with van der Waals surface area (Å²) in [6.07, 6.45) is 0. The summed E-state index contributed by atoms with van der Waals surface area (Å²) in [5.74, 6) is -0.248. The first-order valence-electron chi connectivity index (χ1n) is 6.94. The average molecular weight is 285 g/mol. The highest BCUT2D eigenvalue weighted by Crippen LogP contribution is 2.33. The second-order valence-electron chi connectivity index (χ2n) is 5.22. The molecule has 1 aliphatic heterocycles. The van der Waals surface area contributed by atoms with E-state index in [1.165, 1.54) is 12.1 Å². The number of ether oxygens (including phenoxy) is 1. The van der Waals surface area contributed by atoms with Crippen LogP contribution in [0.4, 0.5) is 4.39 Å². The molecule has 1 amide bonds. The first kappa shape index (κ1) is 13.6. The molecular formula is C17H16FNO2. The Labute approximate surface area is 122 Å². The van der Waals surface area contributed by atoms with Gasteiger partial charge in [-0.05, 0) is 17.7 Å². The number of carbonyl (C=O) groups is 1. The molecule has 0 aliphatic carbocycles. The molecule has 3 rings (SSSR count). The predicted octanol–water partition coefficient (Wildman–Crippen LogP) is 3.25. The van der Waals surface area contributed by atoms with E-state index in [0.717, 1.165) is 5.56 Å². The Morgan fingerprint density at radius 3 is 2.76 bits per heavy atom. The predicted molar refractivity (Wildman–Crippen MR) is 77.9 cm³/mol. The van der Waals surface area contributed by atoms with Crippen LogP contribution in [0.5, 0.6) is 5.75 Å². The molecule has 108 valence electrons. The molecule has 0 radical (unpaired) electrons. The Hall–Kier alpha value is -2.36. The quantitative estimate of drug-likeness (QED) is 0.940. The van der Waals surface area contributed by atoms with Crippen LogP contribution < -0.4 is 10.1 Å². The fourth-order valence-electron chi connectivity index (χ4n) is 2.58. The van der Waals surface area contributed by atoms with E-state index in [4.69, 9.17) is 4.74 Å². The Morgan fingerprint density at radius 2 is 2.00 bits per heavy atom. The summed E-state index contributed by atoms with van der Waals surface area (Å²) in [5.41, 5.74) is 1.77. The van der Waals surface area contributed by atoms with E-state index in [1.807, 2.05) is 37.3 Å². The minimum Gasteiger partial charge on any atom is -0.488 e. The molecule has 21 heavy (non-hydrogen) atoms. The summed E-state index contributed by atoms with van der Waals surface area (Å²) < 4.78 is 19.7. The monoisotopic (exact) mass is 285 g/mol. The molecule has 0 spiro atoms. The normalized spacial score (nSPS) is 17.0. The molecule has 1 unspecified atom stereocenters. The molecule has 0 saturated carbocycles. The van der Waals surface area contributed by atoms with E-state index in [-0.39, 0.29) is 17.6 Å². The van der Waals surface area contributed by atoms with Gasteiger partial charge in [0.25, 0.3) is 5.91 Å². The van der Waals surface area contributed by atoms with E-state index in [2.05, 4.69) is 5.32 Å². The second-order valence-corrected chi connectivity index (χ2v) is 5.22. The van der Waals surface area contributed by atoms with Crippen molar-refractivity contribution >= 4 is 5.91 Å². The van der Waals surface area contributed by atoms with Crippen LogP contribution in [0, 0.1) is 5.82 Å². The molecule has 1 aliphatic rings. The number of halogens is 1. The molecule has 1 N–H and O–H groups in total. The molecule has 2 aromatic carbocycles. The van der Waals surface area contributed by atoms with Gasteiger partial charge in [0.15, 0.2) is 0 Å². The number of hydrogen-bond donors (Lipinski definition) is 1.